The van der Waals surface area contributed by atoms with E-state index in [1.807, 2.05) is 0 Å². The van der Waals surface area contributed by atoms with E-state index in [0.29, 0.717) is 24.2 Å². The molecule has 180 valence electrons. The van der Waals surface area contributed by atoms with Gasteiger partial charge >= 0.3 is 12.3 Å². The molecule has 0 aliphatic carbocycles. The number of amides is 2. The second kappa shape index (κ2) is 9.33. The number of rotatable bonds is 3. The van der Waals surface area contributed by atoms with Crippen LogP contribution in [0.5, 0.6) is 0 Å². The molecule has 7 nitrogen and oxygen atoms in total. The van der Waals surface area contributed by atoms with E-state index in [2.05, 4.69) is 27.1 Å². The number of ether oxygens (including phenoxy) is 1. The Morgan fingerprint density at radius 3 is 2.44 bits per heavy atom. The van der Waals surface area contributed by atoms with Crippen molar-refractivity contribution in [1.82, 2.24) is 20.2 Å². The van der Waals surface area contributed by atoms with Crippen LogP contribution in [0.1, 0.15) is 45.0 Å². The molecular weight excluding hydrogens is 449 g/mol. The zero-order valence-corrected chi connectivity index (χ0v) is 19.3. The lowest BCUT2D eigenvalue weighted by molar-refractivity contribution is -0.137. The zero-order chi connectivity index (χ0) is 25.1. The van der Waals surface area contributed by atoms with Gasteiger partial charge in [-0.3, -0.25) is 4.79 Å². The van der Waals surface area contributed by atoms with Gasteiger partial charge in [0.25, 0.3) is 0 Å². The first-order valence-electron chi connectivity index (χ1n) is 10.6. The number of carbonyl (C=O) groups is 2. The Balaban J connectivity index is 1.79. The van der Waals surface area contributed by atoms with Crippen LogP contribution in [0.3, 0.4) is 0 Å². The molecular formula is C24H25F3N4O3. The van der Waals surface area contributed by atoms with E-state index in [1.54, 1.807) is 33.9 Å². The molecule has 1 aromatic carbocycles. The first kappa shape index (κ1) is 25.0. The smallest absolute Gasteiger partial charge is 0.416 e. The van der Waals surface area contributed by atoms with Crippen LogP contribution in [0.4, 0.5) is 18.0 Å². The average molecular weight is 474 g/mol. The predicted octanol–water partition coefficient (Wildman–Crippen LogP) is 4.03. The molecule has 0 spiro atoms. The van der Waals surface area contributed by atoms with Crippen LogP contribution in [0, 0.1) is 11.8 Å². The highest BCUT2D eigenvalue weighted by Crippen LogP contribution is 2.30. The van der Waals surface area contributed by atoms with Crippen molar-refractivity contribution in [3.63, 3.8) is 0 Å². The second-order valence-electron chi connectivity index (χ2n) is 9.00. The van der Waals surface area contributed by atoms with Crippen molar-refractivity contribution < 1.29 is 27.5 Å². The minimum atomic E-state index is -4.42. The molecule has 1 fully saturated rings. The summed E-state index contributed by atoms with van der Waals surface area (Å²) in [6.45, 7) is 5.63. The highest BCUT2D eigenvalue weighted by molar-refractivity contribution is 5.92. The van der Waals surface area contributed by atoms with Crippen molar-refractivity contribution in [1.29, 1.82) is 0 Å². The summed E-state index contributed by atoms with van der Waals surface area (Å²) < 4.78 is 43.7. The van der Waals surface area contributed by atoms with Crippen LogP contribution >= 0.6 is 0 Å². The molecule has 2 aromatic rings. The molecule has 34 heavy (non-hydrogen) atoms. The minimum Gasteiger partial charge on any atom is -0.444 e. The maximum absolute atomic E-state index is 12.8. The summed E-state index contributed by atoms with van der Waals surface area (Å²) in [6, 6.07) is 6.19. The largest absolute Gasteiger partial charge is 0.444 e. The molecule has 2 amide bonds. The van der Waals surface area contributed by atoms with Crippen LogP contribution in [0.2, 0.25) is 0 Å². The van der Waals surface area contributed by atoms with Gasteiger partial charge in [0.1, 0.15) is 11.1 Å². The van der Waals surface area contributed by atoms with Gasteiger partial charge in [0.15, 0.2) is 0 Å². The second-order valence-corrected chi connectivity index (χ2v) is 9.00. The SMILES string of the molecule is CN1CC[C@](CC#Cc2nccc(-c3ccc(C(F)(F)F)cc3)n2)(NC(=O)OC(C)(C)C)C1=O. The van der Waals surface area contributed by atoms with Crippen molar-refractivity contribution in [3.05, 3.63) is 47.9 Å². The molecule has 3 rings (SSSR count). The Labute approximate surface area is 195 Å². The highest BCUT2D eigenvalue weighted by atomic mass is 19.4. The number of nitrogens with one attached hydrogen (secondary N) is 1. The van der Waals surface area contributed by atoms with Gasteiger partial charge in [-0.05, 0) is 51.3 Å². The third kappa shape index (κ3) is 6.04. The molecule has 10 heteroatoms. The van der Waals surface area contributed by atoms with E-state index < -0.39 is 29.0 Å². The Morgan fingerprint density at radius 2 is 1.88 bits per heavy atom. The lowest BCUT2D eigenvalue weighted by atomic mass is 9.93. The fourth-order valence-electron chi connectivity index (χ4n) is 3.44. The zero-order valence-electron chi connectivity index (χ0n) is 19.3. The standard InChI is InChI=1S/C24H25F3N4O3/c1-22(2,3)34-21(33)30-23(13-15-31(4)20(23)32)12-5-6-19-28-14-11-18(29-19)16-7-9-17(10-8-16)24(25,26)27/h7-11,14H,12-13,15H2,1-4H3,(H,30,33)/t23-/m0/s1. The molecule has 0 radical (unpaired) electrons. The highest BCUT2D eigenvalue weighted by Gasteiger charge is 2.46. The third-order valence-corrected chi connectivity index (χ3v) is 5.12. The molecule has 1 aliphatic rings. The monoisotopic (exact) mass is 474 g/mol. The Bertz CT molecular complexity index is 1130. The average Bonchev–Trinajstić information content (AvgIpc) is 3.01. The van der Waals surface area contributed by atoms with E-state index in [4.69, 9.17) is 4.74 Å². The van der Waals surface area contributed by atoms with Crippen molar-refractivity contribution in [2.75, 3.05) is 13.6 Å². The number of carbonyl (C=O) groups excluding carboxylic acids is 2. The molecule has 1 N–H and O–H groups in total. The number of hydrogen-bond donors (Lipinski definition) is 1. The number of benzene rings is 1. The van der Waals surface area contributed by atoms with Crippen LogP contribution < -0.4 is 5.32 Å². The number of hydrogen-bond acceptors (Lipinski definition) is 5. The summed E-state index contributed by atoms with van der Waals surface area (Å²) in [5.74, 6) is 5.52. The normalized spacial score (nSPS) is 18.3. The van der Waals surface area contributed by atoms with Crippen molar-refractivity contribution in [2.45, 2.75) is 50.9 Å². The van der Waals surface area contributed by atoms with Gasteiger partial charge in [-0.1, -0.05) is 18.1 Å². The van der Waals surface area contributed by atoms with Gasteiger partial charge in [0.05, 0.1) is 11.3 Å². The quantitative estimate of drug-likeness (QED) is 0.679. The number of alkyl carbamates (subject to hydrolysis) is 1. The van der Waals surface area contributed by atoms with E-state index in [9.17, 15) is 22.8 Å². The van der Waals surface area contributed by atoms with Gasteiger partial charge in [-0.2, -0.15) is 13.2 Å². The number of halogens is 3. The van der Waals surface area contributed by atoms with Crippen LogP contribution in [-0.4, -0.2) is 51.6 Å². The molecule has 0 bridgehead atoms. The van der Waals surface area contributed by atoms with Crippen molar-refractivity contribution in [2.24, 2.45) is 0 Å². The summed E-state index contributed by atoms with van der Waals surface area (Å²) >= 11 is 0. The Morgan fingerprint density at radius 1 is 1.21 bits per heavy atom. The van der Waals surface area contributed by atoms with E-state index in [-0.39, 0.29) is 18.2 Å². The molecule has 0 unspecified atom stereocenters. The molecule has 1 atom stereocenters. The first-order valence-corrected chi connectivity index (χ1v) is 10.6. The van der Waals surface area contributed by atoms with Gasteiger partial charge in [-0.25, -0.2) is 14.8 Å². The Hall–Kier alpha value is -3.61. The van der Waals surface area contributed by atoms with Crippen LogP contribution in [0.25, 0.3) is 11.3 Å². The van der Waals surface area contributed by atoms with Crippen molar-refractivity contribution >= 4 is 12.0 Å². The van der Waals surface area contributed by atoms with E-state index in [0.717, 1.165) is 12.1 Å². The Kier molecular flexibility index (Phi) is 6.87. The summed E-state index contributed by atoms with van der Waals surface area (Å²) in [7, 11) is 1.64. The van der Waals surface area contributed by atoms with Gasteiger partial charge < -0.3 is 15.0 Å². The molecule has 2 heterocycles. The van der Waals surface area contributed by atoms with Gasteiger partial charge in [0.2, 0.25) is 11.7 Å². The third-order valence-electron chi connectivity index (χ3n) is 5.12. The number of likely N-dealkylation sites (tertiary alicyclic amines) is 1. The minimum absolute atomic E-state index is 0.0171. The molecule has 0 saturated carbocycles. The fourth-order valence-corrected chi connectivity index (χ4v) is 3.44. The summed E-state index contributed by atoms with van der Waals surface area (Å²) in [6.07, 6.45) is -3.30. The maximum atomic E-state index is 12.8. The van der Waals surface area contributed by atoms with Gasteiger partial charge in [-0.15, -0.1) is 0 Å². The summed E-state index contributed by atoms with van der Waals surface area (Å²) in [5, 5.41) is 2.68. The van der Waals surface area contributed by atoms with E-state index >= 15 is 0 Å². The summed E-state index contributed by atoms with van der Waals surface area (Å²) in [4.78, 5) is 35.0. The van der Waals surface area contributed by atoms with Crippen LogP contribution in [-0.2, 0) is 15.7 Å². The van der Waals surface area contributed by atoms with Crippen LogP contribution in [0.15, 0.2) is 36.5 Å². The maximum Gasteiger partial charge on any atom is 0.416 e. The van der Waals surface area contributed by atoms with Gasteiger partial charge in [0, 0.05) is 31.8 Å². The lowest BCUT2D eigenvalue weighted by Gasteiger charge is -2.28. The number of aromatic nitrogens is 2. The molecule has 1 aromatic heterocycles. The lowest BCUT2D eigenvalue weighted by Crippen LogP contribution is -2.54. The molecule has 1 saturated heterocycles. The number of alkyl halides is 3. The van der Waals surface area contributed by atoms with Crippen molar-refractivity contribution in [3.8, 4) is 23.1 Å². The number of nitrogens with zero attached hydrogens (tertiary/aromatic N) is 3. The topological polar surface area (TPSA) is 84.4 Å². The summed E-state index contributed by atoms with van der Waals surface area (Å²) in [5.41, 5.74) is -1.81. The molecule has 1 aliphatic heterocycles. The fraction of sp³-hybridized carbons (Fsp3) is 0.417. The first-order chi connectivity index (χ1) is 15.8. The number of likely N-dealkylation sites (N-methyl/N-ethyl adjacent to an activating group) is 1. The predicted molar refractivity (Wildman–Crippen MR) is 118 cm³/mol. The van der Waals surface area contributed by atoms with E-state index in [1.165, 1.54) is 23.2 Å².